The number of carbonyl (C=O) groups excluding carboxylic acids is 1. The zero-order chi connectivity index (χ0) is 12.3. The molecule has 0 radical (unpaired) electrons. The summed E-state index contributed by atoms with van der Waals surface area (Å²) in [4.78, 5) is 10.6. The predicted molar refractivity (Wildman–Crippen MR) is 44.4 cm³/mol. The van der Waals surface area contributed by atoms with Gasteiger partial charge in [-0.15, -0.1) is 0 Å². The molecule has 0 aromatic heterocycles. The van der Waals surface area contributed by atoms with Crippen LogP contribution in [0.2, 0.25) is 0 Å². The molecule has 1 aromatic carbocycles. The van der Waals surface area contributed by atoms with E-state index in [1.165, 1.54) is 0 Å². The molecule has 0 saturated carbocycles. The van der Waals surface area contributed by atoms with Crippen LogP contribution in [0.1, 0.15) is 5.56 Å². The number of ether oxygens (including phenoxy) is 2. The van der Waals surface area contributed by atoms with Crippen LogP contribution < -0.4 is 4.74 Å². The van der Waals surface area contributed by atoms with E-state index in [9.17, 15) is 22.4 Å². The third kappa shape index (κ3) is 2.85. The van der Waals surface area contributed by atoms with Crippen molar-refractivity contribution in [2.24, 2.45) is 0 Å². The maximum Gasteiger partial charge on any atom is 0.513 e. The van der Waals surface area contributed by atoms with Crippen LogP contribution in [-0.4, -0.2) is 13.3 Å². The second-order valence-electron chi connectivity index (χ2n) is 2.69. The largest absolute Gasteiger partial charge is 0.513 e. The number of rotatable bonds is 1. The second-order valence-corrected chi connectivity index (χ2v) is 2.69. The first-order chi connectivity index (χ1) is 7.34. The van der Waals surface area contributed by atoms with Crippen LogP contribution >= 0.6 is 0 Å². The molecular weight excluding hydrogens is 232 g/mol. The van der Waals surface area contributed by atoms with Gasteiger partial charge in [0.15, 0.2) is 0 Å². The molecule has 0 atom stereocenters. The van der Waals surface area contributed by atoms with Crippen molar-refractivity contribution in [1.82, 2.24) is 0 Å². The Balaban J connectivity index is 3.13. The Morgan fingerprint density at radius 3 is 2.44 bits per heavy atom. The van der Waals surface area contributed by atoms with Gasteiger partial charge in [0.25, 0.3) is 0 Å². The van der Waals surface area contributed by atoms with Crippen LogP contribution in [0.4, 0.5) is 22.4 Å². The SMILES string of the molecule is COC(=O)Oc1ccc(F)cc1C(F)(F)F. The summed E-state index contributed by atoms with van der Waals surface area (Å²) in [6.45, 7) is 0. The lowest BCUT2D eigenvalue weighted by Gasteiger charge is -2.11. The molecule has 7 heteroatoms. The summed E-state index contributed by atoms with van der Waals surface area (Å²) in [7, 11) is 0.944. The highest BCUT2D eigenvalue weighted by Crippen LogP contribution is 2.36. The standard InChI is InChI=1S/C9H6F4O3/c1-15-8(14)16-7-3-2-5(10)4-6(7)9(11,12)13/h2-4H,1H3. The Hall–Kier alpha value is -1.79. The Bertz CT molecular complexity index is 400. The van der Waals surface area contributed by atoms with Crippen LogP contribution in [0.5, 0.6) is 5.75 Å². The summed E-state index contributed by atoms with van der Waals surface area (Å²) in [5.74, 6) is -1.88. The third-order valence-corrected chi connectivity index (χ3v) is 1.61. The van der Waals surface area contributed by atoms with Crippen LogP contribution in [0.15, 0.2) is 18.2 Å². The first-order valence-electron chi connectivity index (χ1n) is 3.97. The number of carbonyl (C=O) groups is 1. The summed E-state index contributed by atoms with van der Waals surface area (Å²) in [5.41, 5.74) is -1.38. The van der Waals surface area contributed by atoms with Gasteiger partial charge in [-0.25, -0.2) is 9.18 Å². The minimum Gasteiger partial charge on any atom is -0.437 e. The van der Waals surface area contributed by atoms with Gasteiger partial charge in [0.05, 0.1) is 7.11 Å². The molecule has 0 aliphatic carbocycles. The highest BCUT2D eigenvalue weighted by atomic mass is 19.4. The van der Waals surface area contributed by atoms with Crippen molar-refractivity contribution in [1.29, 1.82) is 0 Å². The van der Waals surface area contributed by atoms with Crippen molar-refractivity contribution in [3.05, 3.63) is 29.6 Å². The average molecular weight is 238 g/mol. The fourth-order valence-corrected chi connectivity index (χ4v) is 0.944. The molecule has 3 nitrogen and oxygen atoms in total. The van der Waals surface area contributed by atoms with Crippen molar-refractivity contribution < 1.29 is 31.8 Å². The van der Waals surface area contributed by atoms with Crippen molar-refractivity contribution in [2.75, 3.05) is 7.11 Å². The number of methoxy groups -OCH3 is 1. The maximum absolute atomic E-state index is 12.6. The van der Waals surface area contributed by atoms with Crippen molar-refractivity contribution >= 4 is 6.16 Å². The number of hydrogen-bond acceptors (Lipinski definition) is 3. The van der Waals surface area contributed by atoms with Crippen LogP contribution in [0.3, 0.4) is 0 Å². The van der Waals surface area contributed by atoms with Crippen molar-refractivity contribution in [3.63, 3.8) is 0 Å². The number of alkyl halides is 3. The van der Waals surface area contributed by atoms with Gasteiger partial charge < -0.3 is 9.47 Å². The second kappa shape index (κ2) is 4.38. The number of benzene rings is 1. The smallest absolute Gasteiger partial charge is 0.437 e. The zero-order valence-corrected chi connectivity index (χ0v) is 7.97. The zero-order valence-electron chi connectivity index (χ0n) is 7.97. The monoisotopic (exact) mass is 238 g/mol. The van der Waals surface area contributed by atoms with Gasteiger partial charge >= 0.3 is 12.3 Å². The molecule has 88 valence electrons. The van der Waals surface area contributed by atoms with E-state index in [0.29, 0.717) is 6.07 Å². The van der Waals surface area contributed by atoms with Gasteiger partial charge in [-0.2, -0.15) is 13.2 Å². The Labute approximate surface area is 87.6 Å². The Morgan fingerprint density at radius 2 is 1.94 bits per heavy atom. The highest BCUT2D eigenvalue weighted by Gasteiger charge is 2.35. The van der Waals surface area contributed by atoms with E-state index < -0.39 is 29.5 Å². The summed E-state index contributed by atoms with van der Waals surface area (Å²) in [6.07, 6.45) is -6.12. The van der Waals surface area contributed by atoms with Crippen LogP contribution in [0, 0.1) is 5.82 Å². The van der Waals surface area contributed by atoms with E-state index in [0.717, 1.165) is 13.2 Å². The van der Waals surface area contributed by atoms with Crippen LogP contribution in [0.25, 0.3) is 0 Å². The molecule has 0 spiro atoms. The summed E-state index contributed by atoms with van der Waals surface area (Å²) in [5, 5.41) is 0. The number of hydrogen-bond donors (Lipinski definition) is 0. The molecule has 0 amide bonds. The molecule has 0 aliphatic heterocycles. The normalized spacial score (nSPS) is 11.1. The summed E-state index contributed by atoms with van der Waals surface area (Å²) >= 11 is 0. The molecule has 0 N–H and O–H groups in total. The molecular formula is C9H6F4O3. The molecule has 0 fully saturated rings. The molecule has 0 bridgehead atoms. The quantitative estimate of drug-likeness (QED) is 0.428. The lowest BCUT2D eigenvalue weighted by atomic mass is 10.2. The van der Waals surface area contributed by atoms with Gasteiger partial charge in [0, 0.05) is 0 Å². The van der Waals surface area contributed by atoms with Gasteiger partial charge in [-0.3, -0.25) is 0 Å². The van der Waals surface area contributed by atoms with Gasteiger partial charge in [-0.05, 0) is 18.2 Å². The third-order valence-electron chi connectivity index (χ3n) is 1.61. The number of halogens is 4. The van der Waals surface area contributed by atoms with E-state index in [1.54, 1.807) is 0 Å². The molecule has 1 rings (SSSR count). The average Bonchev–Trinajstić information content (AvgIpc) is 2.19. The maximum atomic E-state index is 12.6. The lowest BCUT2D eigenvalue weighted by Crippen LogP contribution is -2.13. The van der Waals surface area contributed by atoms with E-state index in [4.69, 9.17) is 0 Å². The fraction of sp³-hybridized carbons (Fsp3) is 0.222. The Morgan fingerprint density at radius 1 is 1.31 bits per heavy atom. The minimum atomic E-state index is -4.81. The molecule has 0 unspecified atom stereocenters. The molecule has 0 heterocycles. The van der Waals surface area contributed by atoms with Crippen LogP contribution in [-0.2, 0) is 10.9 Å². The minimum absolute atomic E-state index is 0.234. The highest BCUT2D eigenvalue weighted by molar-refractivity contribution is 5.64. The van der Waals surface area contributed by atoms with Gasteiger partial charge in [0.2, 0.25) is 0 Å². The first kappa shape index (κ1) is 12.3. The predicted octanol–water partition coefficient (Wildman–Crippen LogP) is 2.99. The van der Waals surface area contributed by atoms with Gasteiger partial charge in [0.1, 0.15) is 17.1 Å². The molecule has 16 heavy (non-hydrogen) atoms. The van der Waals surface area contributed by atoms with E-state index >= 15 is 0 Å². The topological polar surface area (TPSA) is 35.5 Å². The molecule has 0 aliphatic rings. The lowest BCUT2D eigenvalue weighted by molar-refractivity contribution is -0.138. The summed E-state index contributed by atoms with van der Waals surface area (Å²) < 4.78 is 58.0. The van der Waals surface area contributed by atoms with Crippen molar-refractivity contribution in [3.8, 4) is 5.75 Å². The first-order valence-corrected chi connectivity index (χ1v) is 3.97. The molecule has 1 aromatic rings. The van der Waals surface area contributed by atoms with E-state index in [-0.39, 0.29) is 6.07 Å². The van der Waals surface area contributed by atoms with E-state index in [1.807, 2.05) is 0 Å². The fourth-order valence-electron chi connectivity index (χ4n) is 0.944. The van der Waals surface area contributed by atoms with Crippen molar-refractivity contribution in [2.45, 2.75) is 6.18 Å². The molecule has 0 saturated heterocycles. The Kier molecular flexibility index (Phi) is 3.36. The van der Waals surface area contributed by atoms with Gasteiger partial charge in [-0.1, -0.05) is 0 Å². The van der Waals surface area contributed by atoms with E-state index in [2.05, 4.69) is 9.47 Å². The summed E-state index contributed by atoms with van der Waals surface area (Å²) in [6, 6.07) is 1.68.